The predicted octanol–water partition coefficient (Wildman–Crippen LogP) is -0.101. The largest absolute Gasteiger partial charge is 0.480 e. The molecule has 0 saturated carbocycles. The van der Waals surface area contributed by atoms with Crippen LogP contribution in [0, 0.1) is 0 Å². The van der Waals surface area contributed by atoms with Crippen LogP contribution in [0.5, 0.6) is 0 Å². The van der Waals surface area contributed by atoms with E-state index in [2.05, 4.69) is 10.6 Å². The lowest BCUT2D eigenvalue weighted by atomic mass is 10.2. The van der Waals surface area contributed by atoms with Gasteiger partial charge in [-0.05, 0) is 33.7 Å². The average Bonchev–Trinajstić information content (AvgIpc) is 2.23. The molecule has 0 aliphatic carbocycles. The van der Waals surface area contributed by atoms with E-state index in [1.807, 2.05) is 0 Å². The van der Waals surface area contributed by atoms with E-state index in [1.165, 1.54) is 0 Å². The number of nitrogens with one attached hydrogen (secondary N) is 2. The number of carbonyl (C=O) groups excluding carboxylic acids is 2. The summed E-state index contributed by atoms with van der Waals surface area (Å²) in [7, 11) is 0. The smallest absolute Gasteiger partial charge is 0.325 e. The van der Waals surface area contributed by atoms with Crippen LogP contribution in [-0.4, -0.2) is 48.2 Å². The van der Waals surface area contributed by atoms with Crippen molar-refractivity contribution in [2.45, 2.75) is 39.2 Å². The highest BCUT2D eigenvalue weighted by atomic mass is 16.6. The highest BCUT2D eigenvalue weighted by molar-refractivity contribution is 5.81. The minimum Gasteiger partial charge on any atom is -0.480 e. The van der Waals surface area contributed by atoms with Gasteiger partial charge < -0.3 is 20.5 Å². The molecule has 0 atom stereocenters. The SMILES string of the molecule is CC(C)(C)OC(=O)CNC(=O)CCCNCC(=O)O. The van der Waals surface area contributed by atoms with Crippen molar-refractivity contribution >= 4 is 17.8 Å². The van der Waals surface area contributed by atoms with Crippen molar-refractivity contribution < 1.29 is 24.2 Å². The Labute approximate surface area is 112 Å². The normalized spacial score (nSPS) is 10.9. The van der Waals surface area contributed by atoms with Crippen molar-refractivity contribution in [3.05, 3.63) is 0 Å². The van der Waals surface area contributed by atoms with Gasteiger partial charge in [-0.2, -0.15) is 0 Å². The minimum atomic E-state index is -0.936. The molecule has 1 amide bonds. The highest BCUT2D eigenvalue weighted by Crippen LogP contribution is 2.06. The van der Waals surface area contributed by atoms with Crippen LogP contribution in [0.4, 0.5) is 0 Å². The molecule has 0 aliphatic heterocycles. The van der Waals surface area contributed by atoms with Crippen molar-refractivity contribution in [3.8, 4) is 0 Å². The Hall–Kier alpha value is -1.63. The van der Waals surface area contributed by atoms with Gasteiger partial charge in [-0.3, -0.25) is 14.4 Å². The Kier molecular flexibility index (Phi) is 7.74. The number of amides is 1. The van der Waals surface area contributed by atoms with E-state index in [4.69, 9.17) is 9.84 Å². The molecule has 7 nitrogen and oxygen atoms in total. The zero-order valence-electron chi connectivity index (χ0n) is 11.6. The molecule has 0 saturated heterocycles. The Bertz CT molecular complexity index is 323. The maximum atomic E-state index is 11.3. The van der Waals surface area contributed by atoms with Crippen LogP contribution in [0.25, 0.3) is 0 Å². The van der Waals surface area contributed by atoms with E-state index >= 15 is 0 Å². The van der Waals surface area contributed by atoms with Gasteiger partial charge in [-0.1, -0.05) is 0 Å². The molecule has 7 heteroatoms. The number of ether oxygens (including phenoxy) is 1. The van der Waals surface area contributed by atoms with Crippen molar-refractivity contribution in [1.82, 2.24) is 10.6 Å². The fourth-order valence-electron chi connectivity index (χ4n) is 1.21. The maximum absolute atomic E-state index is 11.3. The van der Waals surface area contributed by atoms with Gasteiger partial charge in [-0.25, -0.2) is 0 Å². The van der Waals surface area contributed by atoms with Crippen LogP contribution in [0.2, 0.25) is 0 Å². The molecule has 110 valence electrons. The molecule has 0 unspecified atom stereocenters. The van der Waals surface area contributed by atoms with Crippen molar-refractivity contribution in [1.29, 1.82) is 0 Å². The Balaban J connectivity index is 3.59. The fraction of sp³-hybridized carbons (Fsp3) is 0.750. The summed E-state index contributed by atoms with van der Waals surface area (Å²) in [5.74, 6) is -1.68. The molecule has 3 N–H and O–H groups in total. The summed E-state index contributed by atoms with van der Waals surface area (Å²) in [4.78, 5) is 32.8. The molecule has 0 aromatic carbocycles. The summed E-state index contributed by atoms with van der Waals surface area (Å²) in [6.45, 7) is 5.41. The fourth-order valence-corrected chi connectivity index (χ4v) is 1.21. The number of hydrogen-bond donors (Lipinski definition) is 3. The first-order chi connectivity index (χ1) is 8.70. The summed E-state index contributed by atoms with van der Waals surface area (Å²) in [6, 6.07) is 0. The molecule has 0 aliphatic rings. The van der Waals surface area contributed by atoms with Crippen LogP contribution < -0.4 is 10.6 Å². The predicted molar refractivity (Wildman–Crippen MR) is 68.6 cm³/mol. The summed E-state index contributed by atoms with van der Waals surface area (Å²) in [5, 5.41) is 13.5. The number of rotatable bonds is 8. The van der Waals surface area contributed by atoms with Crippen LogP contribution in [0.3, 0.4) is 0 Å². The van der Waals surface area contributed by atoms with Gasteiger partial charge in [0.1, 0.15) is 12.1 Å². The van der Waals surface area contributed by atoms with Crippen LogP contribution >= 0.6 is 0 Å². The molecule has 0 heterocycles. The van der Waals surface area contributed by atoms with Gasteiger partial charge in [0.2, 0.25) is 5.91 Å². The summed E-state index contributed by atoms with van der Waals surface area (Å²) < 4.78 is 5.03. The topological polar surface area (TPSA) is 105 Å². The molecular formula is C12H22N2O5. The lowest BCUT2D eigenvalue weighted by Crippen LogP contribution is -2.34. The van der Waals surface area contributed by atoms with Gasteiger partial charge in [0.05, 0.1) is 6.54 Å². The number of carboxylic acids is 1. The molecule has 0 radical (unpaired) electrons. The van der Waals surface area contributed by atoms with E-state index in [-0.39, 0.29) is 25.4 Å². The summed E-state index contributed by atoms with van der Waals surface area (Å²) in [5.41, 5.74) is -0.567. The van der Waals surface area contributed by atoms with E-state index in [0.29, 0.717) is 13.0 Å². The lowest BCUT2D eigenvalue weighted by Gasteiger charge is -2.19. The van der Waals surface area contributed by atoms with Crippen molar-refractivity contribution in [2.24, 2.45) is 0 Å². The van der Waals surface area contributed by atoms with E-state index in [9.17, 15) is 14.4 Å². The third kappa shape index (κ3) is 12.6. The molecule has 0 spiro atoms. The number of esters is 1. The Morgan fingerprint density at radius 3 is 2.32 bits per heavy atom. The molecular weight excluding hydrogens is 252 g/mol. The van der Waals surface area contributed by atoms with Crippen molar-refractivity contribution in [2.75, 3.05) is 19.6 Å². The molecule has 0 fully saturated rings. The molecule has 0 aromatic rings. The van der Waals surface area contributed by atoms with E-state index in [1.54, 1.807) is 20.8 Å². The van der Waals surface area contributed by atoms with Gasteiger partial charge in [-0.15, -0.1) is 0 Å². The zero-order valence-corrected chi connectivity index (χ0v) is 11.6. The minimum absolute atomic E-state index is 0.125. The Morgan fingerprint density at radius 2 is 1.79 bits per heavy atom. The maximum Gasteiger partial charge on any atom is 0.325 e. The quantitative estimate of drug-likeness (QED) is 0.421. The first kappa shape index (κ1) is 17.4. The van der Waals surface area contributed by atoms with Crippen LogP contribution in [-0.2, 0) is 19.1 Å². The number of hydrogen-bond acceptors (Lipinski definition) is 5. The third-order valence-corrected chi connectivity index (χ3v) is 1.88. The van der Waals surface area contributed by atoms with Gasteiger partial charge >= 0.3 is 11.9 Å². The average molecular weight is 274 g/mol. The van der Waals surface area contributed by atoms with Crippen molar-refractivity contribution in [3.63, 3.8) is 0 Å². The summed E-state index contributed by atoms with van der Waals surface area (Å²) >= 11 is 0. The second-order valence-corrected chi connectivity index (χ2v) is 5.04. The van der Waals surface area contributed by atoms with Crippen LogP contribution in [0.1, 0.15) is 33.6 Å². The first-order valence-electron chi connectivity index (χ1n) is 6.12. The summed E-state index contributed by atoms with van der Waals surface area (Å²) in [6.07, 6.45) is 0.739. The Morgan fingerprint density at radius 1 is 1.16 bits per heavy atom. The third-order valence-electron chi connectivity index (χ3n) is 1.88. The monoisotopic (exact) mass is 274 g/mol. The van der Waals surface area contributed by atoms with E-state index in [0.717, 1.165) is 0 Å². The molecule has 0 bridgehead atoms. The standard InChI is InChI=1S/C12H22N2O5/c1-12(2,3)19-11(18)8-14-9(15)5-4-6-13-7-10(16)17/h13H,4-8H2,1-3H3,(H,14,15)(H,16,17). The second-order valence-electron chi connectivity index (χ2n) is 5.04. The molecule has 0 rings (SSSR count). The molecule has 0 aromatic heterocycles. The molecule has 19 heavy (non-hydrogen) atoms. The number of aliphatic carboxylic acids is 1. The van der Waals surface area contributed by atoms with Gasteiger partial charge in [0.25, 0.3) is 0 Å². The van der Waals surface area contributed by atoms with E-state index < -0.39 is 17.5 Å². The van der Waals surface area contributed by atoms with Gasteiger partial charge in [0.15, 0.2) is 0 Å². The lowest BCUT2D eigenvalue weighted by molar-refractivity contribution is -0.154. The zero-order chi connectivity index (χ0) is 14.9. The number of carboxylic acid groups (broad SMARTS) is 1. The second kappa shape index (κ2) is 8.47. The van der Waals surface area contributed by atoms with Crippen LogP contribution in [0.15, 0.2) is 0 Å². The van der Waals surface area contributed by atoms with Gasteiger partial charge in [0, 0.05) is 6.42 Å². The first-order valence-corrected chi connectivity index (χ1v) is 6.12. The highest BCUT2D eigenvalue weighted by Gasteiger charge is 2.16. The number of carbonyl (C=O) groups is 3.